The van der Waals surface area contributed by atoms with Gasteiger partial charge in [-0.05, 0) is 41.6 Å². The predicted molar refractivity (Wildman–Crippen MR) is 115 cm³/mol. The number of nitrogens with zero attached hydrogens (tertiary/aromatic N) is 4. The summed E-state index contributed by atoms with van der Waals surface area (Å²) in [7, 11) is 1.76. The molecule has 3 aromatic heterocycles. The molecule has 0 bridgehead atoms. The van der Waals surface area contributed by atoms with Gasteiger partial charge in [0.2, 0.25) is 5.89 Å². The first kappa shape index (κ1) is 18.9. The van der Waals surface area contributed by atoms with Gasteiger partial charge < -0.3 is 15.1 Å². The largest absolute Gasteiger partial charge is 0.443 e. The van der Waals surface area contributed by atoms with Crippen LogP contribution in [0.2, 0.25) is 0 Å². The Kier molecular flexibility index (Phi) is 6.01. The van der Waals surface area contributed by atoms with E-state index < -0.39 is 0 Å². The van der Waals surface area contributed by atoms with Gasteiger partial charge in [0.1, 0.15) is 6.26 Å². The smallest absolute Gasteiger partial charge is 0.236 e. The van der Waals surface area contributed by atoms with Crippen LogP contribution in [0.4, 0.5) is 0 Å². The Bertz CT molecular complexity index is 1040. The molecule has 0 fully saturated rings. The van der Waals surface area contributed by atoms with E-state index in [-0.39, 0.29) is 0 Å². The zero-order valence-electron chi connectivity index (χ0n) is 16.1. The number of oxazole rings is 1. The Morgan fingerprint density at radius 2 is 2.07 bits per heavy atom. The molecule has 8 heteroatoms. The fourth-order valence-corrected chi connectivity index (χ4v) is 3.51. The molecule has 0 saturated heterocycles. The van der Waals surface area contributed by atoms with Crippen LogP contribution >= 0.6 is 11.3 Å². The average molecular weight is 407 g/mol. The Morgan fingerprint density at radius 3 is 2.79 bits per heavy atom. The molecule has 148 valence electrons. The predicted octanol–water partition coefficient (Wildman–Crippen LogP) is 3.50. The molecule has 2 N–H and O–H groups in total. The Labute approximate surface area is 173 Å². The minimum absolute atomic E-state index is 0.549. The minimum atomic E-state index is 0.549. The second kappa shape index (κ2) is 9.20. The van der Waals surface area contributed by atoms with Crippen molar-refractivity contribution in [3.05, 3.63) is 77.8 Å². The summed E-state index contributed by atoms with van der Waals surface area (Å²) in [5.41, 5.74) is 3.14. The molecule has 3 heterocycles. The number of guanidine groups is 1. The number of aromatic nitrogens is 3. The monoisotopic (exact) mass is 406 g/mol. The van der Waals surface area contributed by atoms with Gasteiger partial charge in [0.15, 0.2) is 5.96 Å². The van der Waals surface area contributed by atoms with Crippen molar-refractivity contribution in [3.8, 4) is 16.5 Å². The molecule has 0 saturated carbocycles. The van der Waals surface area contributed by atoms with Crippen LogP contribution in [-0.2, 0) is 13.0 Å². The third kappa shape index (κ3) is 4.91. The highest BCUT2D eigenvalue weighted by molar-refractivity contribution is 7.13. The van der Waals surface area contributed by atoms with Crippen LogP contribution in [0.5, 0.6) is 0 Å². The molecule has 0 aliphatic rings. The van der Waals surface area contributed by atoms with Crippen molar-refractivity contribution in [2.24, 2.45) is 4.99 Å². The Balaban J connectivity index is 1.23. The van der Waals surface area contributed by atoms with E-state index in [9.17, 15) is 0 Å². The van der Waals surface area contributed by atoms with E-state index in [2.05, 4.69) is 50.0 Å². The molecule has 0 radical (unpaired) electrons. The molecule has 0 spiro atoms. The van der Waals surface area contributed by atoms with Crippen LogP contribution in [0, 0.1) is 0 Å². The van der Waals surface area contributed by atoms with Crippen molar-refractivity contribution >= 4 is 17.3 Å². The molecule has 29 heavy (non-hydrogen) atoms. The van der Waals surface area contributed by atoms with Gasteiger partial charge in [-0.1, -0.05) is 18.2 Å². The Hall–Kier alpha value is -3.39. The standard InChI is InChI=1S/C21H22N6OS/c1-22-21(24-14-17-15-28-20(26-17)19-4-2-13-29-19)23-11-9-16-5-7-18(8-6-16)27-12-3-10-25-27/h2-8,10,12-13,15H,9,11,14H2,1H3,(H2,22,23,24). The molecule has 7 nitrogen and oxygen atoms in total. The van der Waals surface area contributed by atoms with E-state index in [4.69, 9.17) is 4.42 Å². The molecule has 0 aliphatic heterocycles. The zero-order valence-corrected chi connectivity index (χ0v) is 16.9. The lowest BCUT2D eigenvalue weighted by Gasteiger charge is -2.11. The van der Waals surface area contributed by atoms with Gasteiger partial charge in [0.25, 0.3) is 0 Å². The lowest BCUT2D eigenvalue weighted by Crippen LogP contribution is -2.37. The number of hydrogen-bond donors (Lipinski definition) is 2. The fourth-order valence-electron chi connectivity index (χ4n) is 2.86. The molecule has 0 aliphatic carbocycles. The molecule has 4 aromatic rings. The summed E-state index contributed by atoms with van der Waals surface area (Å²) in [4.78, 5) is 9.80. The van der Waals surface area contributed by atoms with Crippen molar-refractivity contribution in [3.63, 3.8) is 0 Å². The maximum Gasteiger partial charge on any atom is 0.236 e. The van der Waals surface area contributed by atoms with Crippen molar-refractivity contribution in [1.82, 2.24) is 25.4 Å². The minimum Gasteiger partial charge on any atom is -0.443 e. The molecule has 4 rings (SSSR count). The summed E-state index contributed by atoms with van der Waals surface area (Å²) in [6.45, 7) is 1.33. The number of aliphatic imine (C=N–C) groups is 1. The third-order valence-corrected chi connectivity index (χ3v) is 5.21. The van der Waals surface area contributed by atoms with Crippen LogP contribution in [-0.4, -0.2) is 34.3 Å². The maximum atomic E-state index is 5.54. The summed E-state index contributed by atoms with van der Waals surface area (Å²) < 4.78 is 7.39. The topological polar surface area (TPSA) is 80.3 Å². The van der Waals surface area contributed by atoms with Gasteiger partial charge >= 0.3 is 0 Å². The number of nitrogens with one attached hydrogen (secondary N) is 2. The molecule has 0 unspecified atom stereocenters. The highest BCUT2D eigenvalue weighted by atomic mass is 32.1. The molecular formula is C21H22N6OS. The van der Waals surface area contributed by atoms with Crippen molar-refractivity contribution < 1.29 is 4.42 Å². The van der Waals surface area contributed by atoms with Crippen LogP contribution in [0.1, 0.15) is 11.3 Å². The Morgan fingerprint density at radius 1 is 1.17 bits per heavy atom. The highest BCUT2D eigenvalue weighted by Crippen LogP contribution is 2.23. The summed E-state index contributed by atoms with van der Waals surface area (Å²) >= 11 is 1.61. The van der Waals surface area contributed by atoms with Crippen LogP contribution in [0.15, 0.2) is 75.9 Å². The van der Waals surface area contributed by atoms with Crippen molar-refractivity contribution in [1.29, 1.82) is 0 Å². The normalized spacial score (nSPS) is 11.6. The van der Waals surface area contributed by atoms with E-state index in [0.29, 0.717) is 12.4 Å². The fraction of sp³-hybridized carbons (Fsp3) is 0.190. The first-order valence-electron chi connectivity index (χ1n) is 9.33. The van der Waals surface area contributed by atoms with Gasteiger partial charge in [0, 0.05) is 26.0 Å². The quantitative estimate of drug-likeness (QED) is 0.363. The van der Waals surface area contributed by atoms with Crippen LogP contribution in [0.25, 0.3) is 16.5 Å². The maximum absolute atomic E-state index is 5.54. The van der Waals surface area contributed by atoms with Gasteiger partial charge in [-0.2, -0.15) is 5.10 Å². The lowest BCUT2D eigenvalue weighted by molar-refractivity contribution is 0.573. The molecule has 1 aromatic carbocycles. The summed E-state index contributed by atoms with van der Waals surface area (Å²) in [6, 6.07) is 14.3. The number of thiophene rings is 1. The van der Waals surface area contributed by atoms with Crippen LogP contribution in [0.3, 0.4) is 0 Å². The molecule has 0 amide bonds. The van der Waals surface area contributed by atoms with Crippen molar-refractivity contribution in [2.45, 2.75) is 13.0 Å². The second-order valence-electron chi connectivity index (χ2n) is 6.34. The van der Waals surface area contributed by atoms with E-state index in [0.717, 1.165) is 35.2 Å². The SMILES string of the molecule is CN=C(NCCc1ccc(-n2cccn2)cc1)NCc1coc(-c2cccs2)n1. The highest BCUT2D eigenvalue weighted by Gasteiger charge is 2.08. The van der Waals surface area contributed by atoms with Crippen LogP contribution < -0.4 is 10.6 Å². The summed E-state index contributed by atoms with van der Waals surface area (Å²) in [5, 5.41) is 12.8. The third-order valence-electron chi connectivity index (χ3n) is 4.36. The number of rotatable bonds is 7. The molecular weight excluding hydrogens is 384 g/mol. The van der Waals surface area contributed by atoms with Gasteiger partial charge in [-0.3, -0.25) is 4.99 Å². The second-order valence-corrected chi connectivity index (χ2v) is 7.29. The first-order chi connectivity index (χ1) is 14.3. The van der Waals surface area contributed by atoms with E-state index in [1.165, 1.54) is 5.56 Å². The van der Waals surface area contributed by atoms with E-state index >= 15 is 0 Å². The van der Waals surface area contributed by atoms with Gasteiger partial charge in [0.05, 0.1) is 22.8 Å². The lowest BCUT2D eigenvalue weighted by atomic mass is 10.1. The average Bonchev–Trinajstić information content (AvgIpc) is 3.53. The van der Waals surface area contributed by atoms with Crippen molar-refractivity contribution in [2.75, 3.05) is 13.6 Å². The van der Waals surface area contributed by atoms with E-state index in [1.54, 1.807) is 30.8 Å². The zero-order chi connectivity index (χ0) is 19.9. The number of hydrogen-bond acceptors (Lipinski definition) is 5. The van der Waals surface area contributed by atoms with E-state index in [1.807, 2.05) is 34.5 Å². The van der Waals surface area contributed by atoms with Gasteiger partial charge in [-0.15, -0.1) is 11.3 Å². The number of benzene rings is 1. The summed E-state index contributed by atoms with van der Waals surface area (Å²) in [5.74, 6) is 1.39. The first-order valence-corrected chi connectivity index (χ1v) is 10.2. The molecule has 0 atom stereocenters. The van der Waals surface area contributed by atoms with Gasteiger partial charge in [-0.25, -0.2) is 9.67 Å². The summed E-state index contributed by atoms with van der Waals surface area (Å²) in [6.07, 6.45) is 6.28.